The summed E-state index contributed by atoms with van der Waals surface area (Å²) in [6.07, 6.45) is -0.946. The van der Waals surface area contributed by atoms with E-state index < -0.39 is 12.1 Å². The van der Waals surface area contributed by atoms with E-state index >= 15 is 0 Å². The van der Waals surface area contributed by atoms with Gasteiger partial charge in [0, 0.05) is 6.54 Å². The molecule has 0 radical (unpaired) electrons. The normalized spacial score (nSPS) is 14.8. The van der Waals surface area contributed by atoms with Gasteiger partial charge in [0.25, 0.3) is 11.8 Å². The number of hydrogen-bond acceptors (Lipinski definition) is 7. The Morgan fingerprint density at radius 3 is 2.68 bits per heavy atom. The van der Waals surface area contributed by atoms with E-state index in [-0.39, 0.29) is 37.3 Å². The largest absolute Gasteiger partial charge is 0.497 e. The third-order valence-corrected chi connectivity index (χ3v) is 6.23. The lowest BCUT2D eigenvalue weighted by Crippen LogP contribution is -2.60. The number of carbonyl (C=O) groups is 3. The van der Waals surface area contributed by atoms with Gasteiger partial charge in [0.05, 0.1) is 24.8 Å². The quantitative estimate of drug-likeness (QED) is 0.430. The van der Waals surface area contributed by atoms with Crippen LogP contribution in [-0.4, -0.2) is 42.9 Å². The predicted octanol–water partition coefficient (Wildman–Crippen LogP) is 2.82. The topological polar surface area (TPSA) is 117 Å². The Labute approximate surface area is 199 Å². The zero-order valence-electron chi connectivity index (χ0n) is 18.3. The summed E-state index contributed by atoms with van der Waals surface area (Å²) < 4.78 is 11.0. The van der Waals surface area contributed by atoms with E-state index in [4.69, 9.17) is 14.6 Å². The zero-order chi connectivity index (χ0) is 24.1. The van der Waals surface area contributed by atoms with Crippen molar-refractivity contribution in [3.63, 3.8) is 0 Å². The first-order valence-electron chi connectivity index (χ1n) is 10.4. The number of carbonyl (C=O) groups excluding carboxylic acids is 2. The molecule has 176 valence electrons. The van der Waals surface area contributed by atoms with Gasteiger partial charge in [0.15, 0.2) is 6.17 Å². The molecule has 2 aromatic carbocycles. The molecule has 1 aliphatic heterocycles. The van der Waals surface area contributed by atoms with Crippen LogP contribution >= 0.6 is 11.3 Å². The van der Waals surface area contributed by atoms with Crippen LogP contribution in [-0.2, 0) is 22.7 Å². The van der Waals surface area contributed by atoms with Crippen molar-refractivity contribution in [1.29, 1.82) is 0 Å². The average Bonchev–Trinajstić information content (AvgIpc) is 3.35. The zero-order valence-corrected chi connectivity index (χ0v) is 19.1. The lowest BCUT2D eigenvalue weighted by Gasteiger charge is -2.35. The molecule has 34 heavy (non-hydrogen) atoms. The molecule has 1 unspecified atom stereocenters. The second-order valence-electron chi connectivity index (χ2n) is 7.53. The summed E-state index contributed by atoms with van der Waals surface area (Å²) >= 11 is 1.35. The molecule has 3 N–H and O–H groups in total. The number of methoxy groups -OCH3 is 1. The van der Waals surface area contributed by atoms with Crippen LogP contribution < -0.4 is 20.3 Å². The van der Waals surface area contributed by atoms with Crippen molar-refractivity contribution >= 4 is 34.1 Å². The molecular formula is C24H23N3O6S. The Bertz CT molecular complexity index is 1190. The minimum absolute atomic E-state index is 0.0473. The van der Waals surface area contributed by atoms with Gasteiger partial charge in [-0.1, -0.05) is 24.3 Å². The molecule has 2 amide bonds. The summed E-state index contributed by atoms with van der Waals surface area (Å²) in [5.74, 6) is -1.00. The Hall–Kier alpha value is -3.89. The van der Waals surface area contributed by atoms with Crippen LogP contribution in [0.1, 0.15) is 31.8 Å². The van der Waals surface area contributed by atoms with Crippen LogP contribution in [0.15, 0.2) is 60.0 Å². The third kappa shape index (κ3) is 5.19. The number of rotatable bonds is 9. The van der Waals surface area contributed by atoms with Crippen molar-refractivity contribution in [2.75, 3.05) is 18.7 Å². The lowest BCUT2D eigenvalue weighted by molar-refractivity contribution is -0.123. The fourth-order valence-electron chi connectivity index (χ4n) is 3.51. The molecule has 0 aliphatic carbocycles. The van der Waals surface area contributed by atoms with Gasteiger partial charge >= 0.3 is 5.97 Å². The van der Waals surface area contributed by atoms with E-state index in [1.165, 1.54) is 23.5 Å². The fourth-order valence-corrected chi connectivity index (χ4v) is 4.42. The first-order valence-corrected chi connectivity index (χ1v) is 11.3. The first-order chi connectivity index (χ1) is 16.5. The highest BCUT2D eigenvalue weighted by Crippen LogP contribution is 2.32. The van der Waals surface area contributed by atoms with Gasteiger partial charge in [0.1, 0.15) is 17.5 Å². The molecule has 2 heterocycles. The van der Waals surface area contributed by atoms with Gasteiger partial charge < -0.3 is 30.1 Å². The van der Waals surface area contributed by atoms with Crippen LogP contribution in [0.25, 0.3) is 0 Å². The standard InChI is InChI=1S/C24H23N3O6S/c1-32-18-4-2-3-16(11-18)12-25-22(29)20-26-21(28)19-9-10-34-23(19)27(20)14-33-13-15-5-7-17(8-6-15)24(30)31/h2-11,20H,12-14H2,1H3,(H,25,29)(H,26,28)(H,30,31). The van der Waals surface area contributed by atoms with Crippen LogP contribution in [0.3, 0.4) is 0 Å². The van der Waals surface area contributed by atoms with Crippen molar-refractivity contribution in [3.05, 3.63) is 82.2 Å². The molecule has 4 rings (SSSR count). The summed E-state index contributed by atoms with van der Waals surface area (Å²) in [5.41, 5.74) is 2.32. The molecule has 0 fully saturated rings. The van der Waals surface area contributed by atoms with Crippen molar-refractivity contribution < 1.29 is 29.0 Å². The van der Waals surface area contributed by atoms with Crippen molar-refractivity contribution in [2.45, 2.75) is 19.3 Å². The highest BCUT2D eigenvalue weighted by atomic mass is 32.1. The van der Waals surface area contributed by atoms with Crippen LogP contribution in [0.5, 0.6) is 5.75 Å². The smallest absolute Gasteiger partial charge is 0.335 e. The van der Waals surface area contributed by atoms with Gasteiger partial charge in [-0.2, -0.15) is 0 Å². The Balaban J connectivity index is 1.43. The summed E-state index contributed by atoms with van der Waals surface area (Å²) in [5, 5.41) is 17.1. The van der Waals surface area contributed by atoms with E-state index in [0.29, 0.717) is 16.3 Å². The third-order valence-electron chi connectivity index (χ3n) is 5.28. The molecule has 9 nitrogen and oxygen atoms in total. The molecule has 0 bridgehead atoms. The maximum absolute atomic E-state index is 13.0. The lowest BCUT2D eigenvalue weighted by atomic mass is 10.1. The highest BCUT2D eigenvalue weighted by Gasteiger charge is 2.36. The monoisotopic (exact) mass is 481 g/mol. The number of ether oxygens (including phenoxy) is 2. The van der Waals surface area contributed by atoms with Crippen molar-refractivity contribution in [1.82, 2.24) is 10.6 Å². The molecule has 0 spiro atoms. The molecule has 1 aromatic heterocycles. The van der Waals surface area contributed by atoms with Crippen LogP contribution in [0, 0.1) is 0 Å². The van der Waals surface area contributed by atoms with Gasteiger partial charge in [0.2, 0.25) is 0 Å². The molecule has 1 aliphatic rings. The number of benzene rings is 2. The molecule has 3 aromatic rings. The maximum atomic E-state index is 13.0. The second-order valence-corrected chi connectivity index (χ2v) is 8.43. The summed E-state index contributed by atoms with van der Waals surface area (Å²) in [6, 6.07) is 15.4. The minimum Gasteiger partial charge on any atom is -0.497 e. The minimum atomic E-state index is -0.996. The van der Waals surface area contributed by atoms with Gasteiger partial charge in [-0.15, -0.1) is 11.3 Å². The Morgan fingerprint density at radius 1 is 1.15 bits per heavy atom. The van der Waals surface area contributed by atoms with E-state index in [0.717, 1.165) is 11.1 Å². The van der Waals surface area contributed by atoms with E-state index in [1.807, 2.05) is 24.3 Å². The number of nitrogens with zero attached hydrogens (tertiary/aromatic N) is 1. The number of hydrogen-bond donors (Lipinski definition) is 3. The molecular weight excluding hydrogens is 458 g/mol. The molecule has 10 heteroatoms. The maximum Gasteiger partial charge on any atom is 0.335 e. The Morgan fingerprint density at radius 2 is 1.94 bits per heavy atom. The number of carboxylic acids is 1. The number of thiophene rings is 1. The van der Waals surface area contributed by atoms with Gasteiger partial charge in [-0.25, -0.2) is 4.79 Å². The van der Waals surface area contributed by atoms with Crippen molar-refractivity contribution in [3.8, 4) is 5.75 Å². The molecule has 1 atom stereocenters. The van der Waals surface area contributed by atoms with E-state index in [1.54, 1.807) is 35.6 Å². The second kappa shape index (κ2) is 10.4. The Kier molecular flexibility index (Phi) is 7.09. The fraction of sp³-hybridized carbons (Fsp3) is 0.208. The molecule has 0 saturated carbocycles. The number of carboxylic acid groups (broad SMARTS) is 1. The predicted molar refractivity (Wildman–Crippen MR) is 126 cm³/mol. The summed E-state index contributed by atoms with van der Waals surface area (Å²) in [7, 11) is 1.58. The summed E-state index contributed by atoms with van der Waals surface area (Å²) in [4.78, 5) is 38.3. The van der Waals surface area contributed by atoms with E-state index in [2.05, 4.69) is 10.6 Å². The SMILES string of the molecule is COc1cccc(CNC(=O)C2NC(=O)c3ccsc3N2COCc2ccc(C(=O)O)cc2)c1. The average molecular weight is 482 g/mol. The number of anilines is 1. The number of nitrogens with one attached hydrogen (secondary N) is 2. The van der Waals surface area contributed by atoms with Crippen LogP contribution in [0.4, 0.5) is 5.00 Å². The number of fused-ring (bicyclic) bond motifs is 1. The van der Waals surface area contributed by atoms with E-state index in [9.17, 15) is 14.4 Å². The molecule has 0 saturated heterocycles. The number of aromatic carboxylic acids is 1. The van der Waals surface area contributed by atoms with Gasteiger partial charge in [-0.05, 0) is 46.8 Å². The number of amides is 2. The van der Waals surface area contributed by atoms with Crippen LogP contribution in [0.2, 0.25) is 0 Å². The first kappa shape index (κ1) is 23.3. The van der Waals surface area contributed by atoms with Gasteiger partial charge in [-0.3, -0.25) is 9.59 Å². The summed E-state index contributed by atoms with van der Waals surface area (Å²) in [6.45, 7) is 0.527. The van der Waals surface area contributed by atoms with Crippen molar-refractivity contribution in [2.24, 2.45) is 0 Å². The highest BCUT2D eigenvalue weighted by molar-refractivity contribution is 7.14.